The zero-order chi connectivity index (χ0) is 12.5. The van der Waals surface area contributed by atoms with Crippen LogP contribution in [0.4, 0.5) is 5.69 Å². The van der Waals surface area contributed by atoms with Crippen molar-refractivity contribution >= 4 is 15.5 Å². The number of nitrogens with zero attached hydrogens (tertiary/aromatic N) is 1. The third-order valence-corrected chi connectivity index (χ3v) is 4.83. The van der Waals surface area contributed by atoms with E-state index in [9.17, 15) is 13.5 Å². The predicted molar refractivity (Wildman–Crippen MR) is 67.0 cm³/mol. The summed E-state index contributed by atoms with van der Waals surface area (Å²) in [5.74, 6) is 0.189. The van der Waals surface area contributed by atoms with Gasteiger partial charge in [-0.1, -0.05) is 6.92 Å². The number of hydrogen-bond acceptors (Lipinski definition) is 4. The minimum absolute atomic E-state index is 0.189. The van der Waals surface area contributed by atoms with Gasteiger partial charge in [-0.25, -0.2) is 8.42 Å². The van der Waals surface area contributed by atoms with Gasteiger partial charge in [0, 0.05) is 18.8 Å². The van der Waals surface area contributed by atoms with Crippen molar-refractivity contribution in [2.24, 2.45) is 0 Å². The van der Waals surface area contributed by atoms with E-state index >= 15 is 0 Å². The predicted octanol–water partition coefficient (Wildman–Crippen LogP) is 1.05. The van der Waals surface area contributed by atoms with Crippen LogP contribution >= 0.6 is 0 Å². The first kappa shape index (κ1) is 12.4. The molecule has 17 heavy (non-hydrogen) atoms. The van der Waals surface area contributed by atoms with Crippen LogP contribution in [-0.2, 0) is 9.84 Å². The Morgan fingerprint density at radius 1 is 1.29 bits per heavy atom. The van der Waals surface area contributed by atoms with Gasteiger partial charge in [-0.05, 0) is 30.7 Å². The molecule has 1 aromatic carbocycles. The number of β-amino-alcohol motifs (C(OH)–C–C–N with tert-alkyl or cyclic N) is 1. The first-order valence-electron chi connectivity index (χ1n) is 5.79. The average molecular weight is 255 g/mol. The van der Waals surface area contributed by atoms with Crippen molar-refractivity contribution in [3.05, 3.63) is 24.3 Å². The van der Waals surface area contributed by atoms with E-state index in [1.54, 1.807) is 24.3 Å². The zero-order valence-electron chi connectivity index (χ0n) is 9.83. The molecule has 0 bridgehead atoms. The van der Waals surface area contributed by atoms with Gasteiger partial charge in [0.1, 0.15) is 0 Å². The number of hydrogen-bond donors (Lipinski definition) is 1. The number of rotatable bonds is 4. The van der Waals surface area contributed by atoms with Crippen LogP contribution in [0.15, 0.2) is 29.2 Å². The van der Waals surface area contributed by atoms with Crippen molar-refractivity contribution in [1.82, 2.24) is 0 Å². The standard InChI is InChI=1S/C12H17NO3S/c1-2-7-17(15,16)12-5-3-10(4-6-12)13-8-11(14)9-13/h3-6,11,14H,2,7-9H2,1H3. The Balaban J connectivity index is 2.13. The van der Waals surface area contributed by atoms with E-state index in [4.69, 9.17) is 0 Å². The van der Waals surface area contributed by atoms with Gasteiger partial charge in [0.25, 0.3) is 0 Å². The largest absolute Gasteiger partial charge is 0.389 e. The molecule has 1 heterocycles. The lowest BCUT2D eigenvalue weighted by Gasteiger charge is -2.37. The SMILES string of the molecule is CCCS(=O)(=O)c1ccc(N2CC(O)C2)cc1. The summed E-state index contributed by atoms with van der Waals surface area (Å²) >= 11 is 0. The zero-order valence-corrected chi connectivity index (χ0v) is 10.7. The highest BCUT2D eigenvalue weighted by atomic mass is 32.2. The van der Waals surface area contributed by atoms with Crippen LogP contribution in [0, 0.1) is 0 Å². The topological polar surface area (TPSA) is 57.6 Å². The van der Waals surface area contributed by atoms with E-state index in [0.29, 0.717) is 24.4 Å². The molecule has 1 saturated heterocycles. The molecule has 1 N–H and O–H groups in total. The van der Waals surface area contributed by atoms with Gasteiger partial charge in [-0.2, -0.15) is 0 Å². The Morgan fingerprint density at radius 3 is 2.35 bits per heavy atom. The fourth-order valence-corrected chi connectivity index (χ4v) is 3.24. The molecule has 1 aliphatic rings. The molecule has 94 valence electrons. The molecule has 4 nitrogen and oxygen atoms in total. The number of benzene rings is 1. The molecular formula is C12H17NO3S. The first-order chi connectivity index (χ1) is 8.03. The van der Waals surface area contributed by atoms with Crippen LogP contribution in [0.1, 0.15) is 13.3 Å². The van der Waals surface area contributed by atoms with E-state index in [0.717, 1.165) is 5.69 Å². The summed E-state index contributed by atoms with van der Waals surface area (Å²) in [6, 6.07) is 6.89. The van der Waals surface area contributed by atoms with Gasteiger partial charge >= 0.3 is 0 Å². The van der Waals surface area contributed by atoms with E-state index in [1.165, 1.54) is 0 Å². The van der Waals surface area contributed by atoms with Gasteiger partial charge in [-0.3, -0.25) is 0 Å². The Kier molecular flexibility index (Phi) is 3.40. The lowest BCUT2D eigenvalue weighted by molar-refractivity contribution is 0.142. The summed E-state index contributed by atoms with van der Waals surface area (Å²) in [6.45, 7) is 3.11. The van der Waals surface area contributed by atoms with Gasteiger partial charge in [0.15, 0.2) is 9.84 Å². The molecular weight excluding hydrogens is 238 g/mol. The first-order valence-corrected chi connectivity index (χ1v) is 7.44. The maximum atomic E-state index is 11.8. The molecule has 0 spiro atoms. The molecule has 0 atom stereocenters. The highest BCUT2D eigenvalue weighted by Gasteiger charge is 2.24. The van der Waals surface area contributed by atoms with Crippen molar-refractivity contribution in [2.75, 3.05) is 23.7 Å². The smallest absolute Gasteiger partial charge is 0.178 e. The number of aliphatic hydroxyl groups excluding tert-OH is 1. The summed E-state index contributed by atoms with van der Waals surface area (Å²) in [5, 5.41) is 9.20. The highest BCUT2D eigenvalue weighted by Crippen LogP contribution is 2.23. The normalized spacial score (nSPS) is 16.9. The average Bonchev–Trinajstić information content (AvgIpc) is 2.25. The second-order valence-electron chi connectivity index (χ2n) is 4.37. The minimum Gasteiger partial charge on any atom is -0.389 e. The molecule has 1 aromatic rings. The van der Waals surface area contributed by atoms with Crippen molar-refractivity contribution in [1.29, 1.82) is 0 Å². The summed E-state index contributed by atoms with van der Waals surface area (Å²) in [7, 11) is -3.12. The maximum Gasteiger partial charge on any atom is 0.178 e. The Morgan fingerprint density at radius 2 is 1.88 bits per heavy atom. The highest BCUT2D eigenvalue weighted by molar-refractivity contribution is 7.91. The summed E-state index contributed by atoms with van der Waals surface area (Å²) < 4.78 is 23.6. The lowest BCUT2D eigenvalue weighted by atomic mass is 10.1. The van der Waals surface area contributed by atoms with Gasteiger partial charge < -0.3 is 10.0 Å². The fraction of sp³-hybridized carbons (Fsp3) is 0.500. The van der Waals surface area contributed by atoms with Crippen LogP contribution in [0.25, 0.3) is 0 Å². The van der Waals surface area contributed by atoms with Crippen molar-refractivity contribution in [2.45, 2.75) is 24.3 Å². The molecule has 0 saturated carbocycles. The molecule has 0 aromatic heterocycles. The second-order valence-corrected chi connectivity index (χ2v) is 6.48. The van der Waals surface area contributed by atoms with Crippen molar-refractivity contribution < 1.29 is 13.5 Å². The Hall–Kier alpha value is -1.07. The number of anilines is 1. The molecule has 0 unspecified atom stereocenters. The van der Waals surface area contributed by atoms with Crippen molar-refractivity contribution in [3.8, 4) is 0 Å². The van der Waals surface area contributed by atoms with Crippen molar-refractivity contribution in [3.63, 3.8) is 0 Å². The monoisotopic (exact) mass is 255 g/mol. The Bertz CT molecular complexity index is 475. The second kappa shape index (κ2) is 4.66. The lowest BCUT2D eigenvalue weighted by Crippen LogP contribution is -2.50. The molecule has 1 fully saturated rings. The van der Waals surface area contributed by atoms with Crippen LogP contribution in [0.3, 0.4) is 0 Å². The summed E-state index contributed by atoms with van der Waals surface area (Å²) in [4.78, 5) is 2.39. The fourth-order valence-electron chi connectivity index (χ4n) is 1.92. The summed E-state index contributed by atoms with van der Waals surface area (Å²) in [5.41, 5.74) is 0.964. The quantitative estimate of drug-likeness (QED) is 0.873. The van der Waals surface area contributed by atoms with E-state index in [1.807, 2.05) is 11.8 Å². The molecule has 0 radical (unpaired) electrons. The van der Waals surface area contributed by atoms with Crippen LogP contribution in [-0.4, -0.2) is 38.5 Å². The molecule has 5 heteroatoms. The van der Waals surface area contributed by atoms with Crippen LogP contribution in [0.2, 0.25) is 0 Å². The van der Waals surface area contributed by atoms with E-state index in [2.05, 4.69) is 0 Å². The van der Waals surface area contributed by atoms with Crippen LogP contribution in [0.5, 0.6) is 0 Å². The summed E-state index contributed by atoms with van der Waals surface area (Å²) in [6.07, 6.45) is 0.376. The molecule has 0 amide bonds. The third kappa shape index (κ3) is 2.61. The molecule has 0 aliphatic carbocycles. The number of sulfone groups is 1. The minimum atomic E-state index is -3.12. The van der Waals surface area contributed by atoms with Crippen LogP contribution < -0.4 is 4.90 Å². The third-order valence-electron chi connectivity index (χ3n) is 2.90. The van der Waals surface area contributed by atoms with E-state index < -0.39 is 9.84 Å². The molecule has 1 aliphatic heterocycles. The Labute approximate surface area is 102 Å². The molecule has 2 rings (SSSR count). The van der Waals surface area contributed by atoms with Gasteiger partial charge in [0.2, 0.25) is 0 Å². The number of aliphatic hydroxyl groups is 1. The maximum absolute atomic E-state index is 11.8. The van der Waals surface area contributed by atoms with Gasteiger partial charge in [0.05, 0.1) is 16.8 Å². The van der Waals surface area contributed by atoms with E-state index in [-0.39, 0.29) is 11.9 Å². The van der Waals surface area contributed by atoms with Gasteiger partial charge in [-0.15, -0.1) is 0 Å².